The fourth-order valence-corrected chi connectivity index (χ4v) is 2.77. The van der Waals surface area contributed by atoms with Gasteiger partial charge in [0.25, 0.3) is 0 Å². The molecule has 1 fully saturated rings. The van der Waals surface area contributed by atoms with E-state index in [0.29, 0.717) is 12.3 Å². The van der Waals surface area contributed by atoms with E-state index in [1.54, 1.807) is 13.1 Å². The van der Waals surface area contributed by atoms with Gasteiger partial charge in [0.2, 0.25) is 0 Å². The number of hydrogen-bond donors (Lipinski definition) is 0. The zero-order valence-electron chi connectivity index (χ0n) is 13.2. The monoisotopic (exact) mass is 312 g/mol. The molecule has 1 aliphatic heterocycles. The Kier molecular flexibility index (Phi) is 4.71. The summed E-state index contributed by atoms with van der Waals surface area (Å²) in [6.45, 7) is 5.60. The van der Waals surface area contributed by atoms with Crippen LogP contribution in [0.1, 0.15) is 17.4 Å². The Balaban J connectivity index is 1.72. The summed E-state index contributed by atoms with van der Waals surface area (Å²) in [5, 5.41) is 0. The van der Waals surface area contributed by atoms with Crippen molar-refractivity contribution in [3.05, 3.63) is 48.5 Å². The van der Waals surface area contributed by atoms with E-state index in [1.165, 1.54) is 5.69 Å². The maximum Gasteiger partial charge on any atom is 0.359 e. The largest absolute Gasteiger partial charge is 0.461 e. The molecule has 3 rings (SSSR count). The fraction of sp³-hybridized carbons (Fsp3) is 0.353. The molecule has 1 aliphatic rings. The van der Waals surface area contributed by atoms with Gasteiger partial charge in [-0.25, -0.2) is 9.78 Å². The molecular formula is C17H20N4O2. The molecule has 2 aromatic heterocycles. The van der Waals surface area contributed by atoms with Gasteiger partial charge in [0.15, 0.2) is 5.69 Å². The quantitative estimate of drug-likeness (QED) is 0.805. The SMILES string of the molecule is CCOC(=O)c1ncccc1N1CCN(c2ccncc2)CC1. The molecule has 2 aromatic rings. The van der Waals surface area contributed by atoms with E-state index < -0.39 is 0 Å². The first-order valence-electron chi connectivity index (χ1n) is 7.81. The smallest absolute Gasteiger partial charge is 0.359 e. The number of carbonyl (C=O) groups excluding carboxylic acids is 1. The lowest BCUT2D eigenvalue weighted by atomic mass is 10.2. The number of pyridine rings is 2. The molecule has 1 saturated heterocycles. The molecule has 23 heavy (non-hydrogen) atoms. The standard InChI is InChI=1S/C17H20N4O2/c1-2-23-17(22)16-15(4-3-7-19-16)21-12-10-20(11-13-21)14-5-8-18-9-6-14/h3-9H,2,10-13H2,1H3. The zero-order valence-corrected chi connectivity index (χ0v) is 13.2. The van der Waals surface area contributed by atoms with Crippen molar-refractivity contribution in [2.75, 3.05) is 42.6 Å². The van der Waals surface area contributed by atoms with E-state index in [2.05, 4.69) is 19.8 Å². The van der Waals surface area contributed by atoms with Crippen LogP contribution in [0.15, 0.2) is 42.9 Å². The topological polar surface area (TPSA) is 58.6 Å². The Morgan fingerprint density at radius 3 is 2.48 bits per heavy atom. The molecule has 3 heterocycles. The molecule has 0 saturated carbocycles. The summed E-state index contributed by atoms with van der Waals surface area (Å²) in [5.74, 6) is -0.361. The third-order valence-electron chi connectivity index (χ3n) is 3.90. The molecule has 0 bridgehead atoms. The highest BCUT2D eigenvalue weighted by Crippen LogP contribution is 2.22. The van der Waals surface area contributed by atoms with Crippen LogP contribution in [0, 0.1) is 0 Å². The van der Waals surface area contributed by atoms with Gasteiger partial charge < -0.3 is 14.5 Å². The van der Waals surface area contributed by atoms with Crippen LogP contribution in [-0.2, 0) is 4.74 Å². The third-order valence-corrected chi connectivity index (χ3v) is 3.90. The normalized spacial score (nSPS) is 14.7. The summed E-state index contributed by atoms with van der Waals surface area (Å²) < 4.78 is 5.10. The molecule has 0 spiro atoms. The number of rotatable bonds is 4. The minimum Gasteiger partial charge on any atom is -0.461 e. The van der Waals surface area contributed by atoms with E-state index in [4.69, 9.17) is 4.74 Å². The summed E-state index contributed by atoms with van der Waals surface area (Å²) >= 11 is 0. The van der Waals surface area contributed by atoms with Crippen molar-refractivity contribution in [2.24, 2.45) is 0 Å². The first kappa shape index (κ1) is 15.3. The predicted molar refractivity (Wildman–Crippen MR) is 88.9 cm³/mol. The van der Waals surface area contributed by atoms with Gasteiger partial charge in [0.05, 0.1) is 12.3 Å². The number of carbonyl (C=O) groups is 1. The lowest BCUT2D eigenvalue weighted by molar-refractivity contribution is 0.0520. The Bertz CT molecular complexity index is 655. The molecule has 0 N–H and O–H groups in total. The molecule has 120 valence electrons. The number of nitrogens with zero attached hydrogens (tertiary/aromatic N) is 4. The molecule has 0 radical (unpaired) electrons. The van der Waals surface area contributed by atoms with Crippen LogP contribution < -0.4 is 9.80 Å². The molecule has 6 heteroatoms. The zero-order chi connectivity index (χ0) is 16.1. The molecule has 0 unspecified atom stereocenters. The number of ether oxygens (including phenoxy) is 1. The van der Waals surface area contributed by atoms with Crippen molar-refractivity contribution in [1.82, 2.24) is 9.97 Å². The average molecular weight is 312 g/mol. The number of esters is 1. The Hall–Kier alpha value is -2.63. The van der Waals surface area contributed by atoms with Gasteiger partial charge in [-0.1, -0.05) is 0 Å². The van der Waals surface area contributed by atoms with E-state index in [1.807, 2.05) is 36.7 Å². The average Bonchev–Trinajstić information content (AvgIpc) is 2.63. The lowest BCUT2D eigenvalue weighted by Crippen LogP contribution is -2.47. The molecule has 0 atom stereocenters. The van der Waals surface area contributed by atoms with Crippen LogP contribution in [0.2, 0.25) is 0 Å². The van der Waals surface area contributed by atoms with Crippen molar-refractivity contribution < 1.29 is 9.53 Å². The first-order valence-corrected chi connectivity index (χ1v) is 7.81. The van der Waals surface area contributed by atoms with Crippen molar-refractivity contribution >= 4 is 17.3 Å². The molecular weight excluding hydrogens is 292 g/mol. The minimum atomic E-state index is -0.361. The summed E-state index contributed by atoms with van der Waals surface area (Å²) in [4.78, 5) is 24.8. The Labute approximate surface area is 135 Å². The number of piperazine rings is 1. The van der Waals surface area contributed by atoms with E-state index in [9.17, 15) is 4.79 Å². The van der Waals surface area contributed by atoms with Crippen LogP contribution in [0.5, 0.6) is 0 Å². The summed E-state index contributed by atoms with van der Waals surface area (Å²) in [6.07, 6.45) is 5.24. The summed E-state index contributed by atoms with van der Waals surface area (Å²) in [5.41, 5.74) is 2.42. The van der Waals surface area contributed by atoms with Crippen molar-refractivity contribution in [2.45, 2.75) is 6.92 Å². The number of aromatic nitrogens is 2. The maximum atomic E-state index is 12.1. The Morgan fingerprint density at radius 2 is 1.78 bits per heavy atom. The number of anilines is 2. The van der Waals surface area contributed by atoms with Crippen LogP contribution in [0.3, 0.4) is 0 Å². The van der Waals surface area contributed by atoms with E-state index in [0.717, 1.165) is 31.9 Å². The van der Waals surface area contributed by atoms with Crippen molar-refractivity contribution in [1.29, 1.82) is 0 Å². The maximum absolute atomic E-state index is 12.1. The number of hydrogen-bond acceptors (Lipinski definition) is 6. The molecule has 0 amide bonds. The second-order valence-corrected chi connectivity index (χ2v) is 5.27. The molecule has 6 nitrogen and oxygen atoms in total. The highest BCUT2D eigenvalue weighted by atomic mass is 16.5. The van der Waals surface area contributed by atoms with Gasteiger partial charge in [-0.3, -0.25) is 4.98 Å². The summed E-state index contributed by atoms with van der Waals surface area (Å²) in [6, 6.07) is 7.82. The van der Waals surface area contributed by atoms with Gasteiger partial charge in [0.1, 0.15) is 0 Å². The van der Waals surface area contributed by atoms with Gasteiger partial charge in [-0.2, -0.15) is 0 Å². The molecule has 0 aliphatic carbocycles. The summed E-state index contributed by atoms with van der Waals surface area (Å²) in [7, 11) is 0. The lowest BCUT2D eigenvalue weighted by Gasteiger charge is -2.37. The Morgan fingerprint density at radius 1 is 1.09 bits per heavy atom. The van der Waals surface area contributed by atoms with E-state index in [-0.39, 0.29) is 5.97 Å². The van der Waals surface area contributed by atoms with Gasteiger partial charge in [0, 0.05) is 50.5 Å². The van der Waals surface area contributed by atoms with Crippen LogP contribution in [0.4, 0.5) is 11.4 Å². The van der Waals surface area contributed by atoms with E-state index >= 15 is 0 Å². The van der Waals surface area contributed by atoms with Crippen LogP contribution in [-0.4, -0.2) is 48.7 Å². The van der Waals surface area contributed by atoms with Gasteiger partial charge in [-0.15, -0.1) is 0 Å². The van der Waals surface area contributed by atoms with Gasteiger partial charge in [-0.05, 0) is 31.2 Å². The first-order chi connectivity index (χ1) is 11.3. The molecule has 0 aromatic carbocycles. The minimum absolute atomic E-state index is 0.352. The second kappa shape index (κ2) is 7.09. The van der Waals surface area contributed by atoms with Crippen LogP contribution in [0.25, 0.3) is 0 Å². The third kappa shape index (κ3) is 3.41. The highest BCUT2D eigenvalue weighted by Gasteiger charge is 2.23. The fourth-order valence-electron chi connectivity index (χ4n) is 2.77. The van der Waals surface area contributed by atoms with Crippen molar-refractivity contribution in [3.8, 4) is 0 Å². The highest BCUT2D eigenvalue weighted by molar-refractivity contribution is 5.93. The van der Waals surface area contributed by atoms with Crippen molar-refractivity contribution in [3.63, 3.8) is 0 Å². The second-order valence-electron chi connectivity index (χ2n) is 5.27. The predicted octanol–water partition coefficient (Wildman–Crippen LogP) is 1.98. The van der Waals surface area contributed by atoms with Gasteiger partial charge >= 0.3 is 5.97 Å². The van der Waals surface area contributed by atoms with Crippen LogP contribution >= 0.6 is 0 Å².